The van der Waals surface area contributed by atoms with Gasteiger partial charge in [-0.25, -0.2) is 15.0 Å². The van der Waals surface area contributed by atoms with Crippen LogP contribution >= 0.6 is 0 Å². The number of para-hydroxylation sites is 1. The van der Waals surface area contributed by atoms with Crippen molar-refractivity contribution >= 4 is 10.9 Å². The van der Waals surface area contributed by atoms with Crippen molar-refractivity contribution in [1.29, 1.82) is 0 Å². The predicted octanol–water partition coefficient (Wildman–Crippen LogP) is 11.6. The molecule has 0 saturated heterocycles. The van der Waals surface area contributed by atoms with Crippen LogP contribution < -0.4 is 0 Å². The van der Waals surface area contributed by atoms with Crippen LogP contribution in [0.3, 0.4) is 0 Å². The third-order valence-corrected chi connectivity index (χ3v) is 10.2. The number of fused-ring (bicyclic) bond motifs is 7. The van der Waals surface area contributed by atoms with E-state index in [-0.39, 0.29) is 5.92 Å². The van der Waals surface area contributed by atoms with Crippen molar-refractivity contribution in [2.75, 3.05) is 0 Å². The lowest BCUT2D eigenvalue weighted by molar-refractivity contribution is 0.984. The Labute approximate surface area is 302 Å². The fourth-order valence-corrected chi connectivity index (χ4v) is 7.85. The third-order valence-electron chi connectivity index (χ3n) is 10.2. The summed E-state index contributed by atoms with van der Waals surface area (Å²) >= 11 is 0. The first kappa shape index (κ1) is 30.0. The highest BCUT2D eigenvalue weighted by Crippen LogP contribution is 2.52. The van der Waals surface area contributed by atoms with Crippen LogP contribution in [0.15, 0.2) is 188 Å². The molecule has 2 heterocycles. The molecule has 4 nitrogen and oxygen atoms in total. The summed E-state index contributed by atoms with van der Waals surface area (Å²) in [6.07, 6.45) is 0. The summed E-state index contributed by atoms with van der Waals surface area (Å²) in [5.41, 5.74) is 13.9. The molecule has 0 aliphatic heterocycles. The largest absolute Gasteiger partial charge is 0.309 e. The predicted molar refractivity (Wildman–Crippen MR) is 211 cm³/mol. The maximum absolute atomic E-state index is 4.99. The van der Waals surface area contributed by atoms with Gasteiger partial charge in [-0.3, -0.25) is 0 Å². The second kappa shape index (κ2) is 12.4. The fraction of sp³-hybridized carbons (Fsp3) is 0.0208. The monoisotopic (exact) mass is 664 g/mol. The van der Waals surface area contributed by atoms with Crippen LogP contribution in [0, 0.1) is 0 Å². The molecule has 1 aliphatic rings. The standard InChI is InChI=1S/C48H32N4/c1-4-16-32(17-5-1)43-37-22-10-11-23-38(37)44-41-26-14-15-27-42(41)52(45(44)40-25-13-12-24-39(40)43)36-30-28-35(29-31-36)48-50-46(33-18-6-2-7-19-33)49-47(51-48)34-20-8-3-9-21-34/h1-31,43H. The molecule has 1 atom stereocenters. The molecule has 0 bridgehead atoms. The first-order valence-electron chi connectivity index (χ1n) is 17.7. The van der Waals surface area contributed by atoms with E-state index >= 15 is 0 Å². The number of rotatable bonds is 5. The molecule has 0 amide bonds. The van der Waals surface area contributed by atoms with Crippen molar-refractivity contribution in [3.05, 3.63) is 205 Å². The van der Waals surface area contributed by atoms with E-state index in [2.05, 4.69) is 132 Å². The van der Waals surface area contributed by atoms with Crippen LogP contribution in [0.4, 0.5) is 0 Å². The number of benzene rings is 7. The molecule has 10 rings (SSSR count). The molecular formula is C48H32N4. The topological polar surface area (TPSA) is 43.6 Å². The molecule has 1 aliphatic carbocycles. The van der Waals surface area contributed by atoms with Crippen molar-refractivity contribution in [1.82, 2.24) is 19.5 Å². The van der Waals surface area contributed by atoms with E-state index in [9.17, 15) is 0 Å². The zero-order valence-electron chi connectivity index (χ0n) is 28.3. The minimum atomic E-state index is 0.0945. The number of hydrogen-bond acceptors (Lipinski definition) is 3. The van der Waals surface area contributed by atoms with E-state index in [0.29, 0.717) is 17.5 Å². The van der Waals surface area contributed by atoms with E-state index in [4.69, 9.17) is 15.0 Å². The molecule has 1 unspecified atom stereocenters. The fourth-order valence-electron chi connectivity index (χ4n) is 7.85. The Bertz CT molecular complexity index is 2660. The maximum Gasteiger partial charge on any atom is 0.164 e. The normalized spacial score (nSPS) is 13.2. The van der Waals surface area contributed by atoms with Gasteiger partial charge in [0.05, 0.1) is 11.2 Å². The molecule has 9 aromatic rings. The Morgan fingerprint density at radius 3 is 1.46 bits per heavy atom. The van der Waals surface area contributed by atoms with Crippen LogP contribution in [0.5, 0.6) is 0 Å². The molecule has 0 saturated carbocycles. The van der Waals surface area contributed by atoms with E-state index in [1.54, 1.807) is 0 Å². The van der Waals surface area contributed by atoms with Gasteiger partial charge in [-0.1, -0.05) is 158 Å². The van der Waals surface area contributed by atoms with E-state index < -0.39 is 0 Å². The minimum absolute atomic E-state index is 0.0945. The summed E-state index contributed by atoms with van der Waals surface area (Å²) in [6.45, 7) is 0. The molecule has 52 heavy (non-hydrogen) atoms. The van der Waals surface area contributed by atoms with Gasteiger partial charge >= 0.3 is 0 Å². The highest BCUT2D eigenvalue weighted by Gasteiger charge is 2.32. The molecule has 2 aromatic heterocycles. The van der Waals surface area contributed by atoms with Crippen LogP contribution in [-0.2, 0) is 0 Å². The van der Waals surface area contributed by atoms with Gasteiger partial charge in [-0.2, -0.15) is 0 Å². The molecule has 0 N–H and O–H groups in total. The number of hydrogen-bond donors (Lipinski definition) is 0. The summed E-state index contributed by atoms with van der Waals surface area (Å²) in [5.74, 6) is 2.04. The summed E-state index contributed by atoms with van der Waals surface area (Å²) in [7, 11) is 0. The van der Waals surface area contributed by atoms with Crippen molar-refractivity contribution < 1.29 is 0 Å². The smallest absolute Gasteiger partial charge is 0.164 e. The first-order valence-corrected chi connectivity index (χ1v) is 17.7. The average molecular weight is 665 g/mol. The molecule has 244 valence electrons. The van der Waals surface area contributed by atoms with Crippen LogP contribution in [0.2, 0.25) is 0 Å². The second-order valence-corrected chi connectivity index (χ2v) is 13.2. The Hall–Kier alpha value is -6.91. The molecule has 4 heteroatoms. The van der Waals surface area contributed by atoms with Crippen molar-refractivity contribution in [3.63, 3.8) is 0 Å². The van der Waals surface area contributed by atoms with Gasteiger partial charge < -0.3 is 4.57 Å². The van der Waals surface area contributed by atoms with Crippen molar-refractivity contribution in [2.45, 2.75) is 5.92 Å². The Morgan fingerprint density at radius 2 is 0.846 bits per heavy atom. The molecule has 0 spiro atoms. The second-order valence-electron chi connectivity index (χ2n) is 13.2. The number of nitrogens with zero attached hydrogens (tertiary/aromatic N) is 4. The number of aromatic nitrogens is 4. The van der Waals surface area contributed by atoms with Gasteiger partial charge in [0.25, 0.3) is 0 Å². The first-order chi connectivity index (χ1) is 25.8. The van der Waals surface area contributed by atoms with E-state index in [1.807, 2.05) is 60.7 Å². The molecule has 0 radical (unpaired) electrons. The summed E-state index contributed by atoms with van der Waals surface area (Å²) in [6, 6.07) is 66.5. The van der Waals surface area contributed by atoms with Crippen LogP contribution in [0.1, 0.15) is 22.6 Å². The summed E-state index contributed by atoms with van der Waals surface area (Å²) in [5, 5.41) is 1.23. The van der Waals surface area contributed by atoms with Gasteiger partial charge in [-0.05, 0) is 52.6 Å². The summed E-state index contributed by atoms with van der Waals surface area (Å²) < 4.78 is 2.44. The van der Waals surface area contributed by atoms with Gasteiger partial charge in [0.2, 0.25) is 0 Å². The summed E-state index contributed by atoms with van der Waals surface area (Å²) in [4.78, 5) is 14.9. The van der Waals surface area contributed by atoms with Crippen LogP contribution in [0.25, 0.3) is 73.1 Å². The zero-order chi connectivity index (χ0) is 34.4. The Balaban J connectivity index is 1.18. The van der Waals surface area contributed by atoms with Gasteiger partial charge in [0, 0.05) is 44.8 Å². The van der Waals surface area contributed by atoms with Gasteiger partial charge in [0.15, 0.2) is 17.5 Å². The molecular weight excluding hydrogens is 633 g/mol. The third kappa shape index (κ3) is 4.96. The Kier molecular flexibility index (Phi) is 7.17. The lowest BCUT2D eigenvalue weighted by Gasteiger charge is -2.22. The SMILES string of the molecule is c1ccc(-c2nc(-c3ccccc3)nc(-c3ccc(-n4c5c(c6ccccc64)-c4ccccc4C(c4ccccc4)c4ccccc4-5)cc3)n2)cc1. The van der Waals surface area contributed by atoms with Crippen LogP contribution in [-0.4, -0.2) is 19.5 Å². The van der Waals surface area contributed by atoms with Gasteiger partial charge in [-0.15, -0.1) is 0 Å². The molecule has 7 aromatic carbocycles. The molecule has 0 fully saturated rings. The highest BCUT2D eigenvalue weighted by molar-refractivity contribution is 6.08. The lowest BCUT2D eigenvalue weighted by atomic mass is 9.82. The zero-order valence-corrected chi connectivity index (χ0v) is 28.3. The van der Waals surface area contributed by atoms with E-state index in [0.717, 1.165) is 22.4 Å². The minimum Gasteiger partial charge on any atom is -0.309 e. The van der Waals surface area contributed by atoms with E-state index in [1.165, 1.54) is 50.0 Å². The highest BCUT2D eigenvalue weighted by atomic mass is 15.0. The Morgan fingerprint density at radius 1 is 0.385 bits per heavy atom. The lowest BCUT2D eigenvalue weighted by Crippen LogP contribution is -2.05. The van der Waals surface area contributed by atoms with Crippen molar-refractivity contribution in [3.8, 4) is 62.2 Å². The van der Waals surface area contributed by atoms with Crippen molar-refractivity contribution in [2.24, 2.45) is 0 Å². The van der Waals surface area contributed by atoms with Gasteiger partial charge in [0.1, 0.15) is 0 Å². The maximum atomic E-state index is 4.99. The average Bonchev–Trinajstić information content (AvgIpc) is 3.51. The quantitative estimate of drug-likeness (QED) is 0.184.